The summed E-state index contributed by atoms with van der Waals surface area (Å²) >= 11 is 0. The van der Waals surface area contributed by atoms with Gasteiger partial charge in [-0.25, -0.2) is 0 Å². The van der Waals surface area contributed by atoms with E-state index >= 15 is 0 Å². The molecule has 0 aromatic rings. The predicted molar refractivity (Wildman–Crippen MR) is 79.6 cm³/mol. The van der Waals surface area contributed by atoms with Crippen molar-refractivity contribution in [1.29, 1.82) is 0 Å². The van der Waals surface area contributed by atoms with Crippen LogP contribution in [-0.4, -0.2) is 75.4 Å². The molecule has 1 unspecified atom stereocenters. The zero-order valence-corrected chi connectivity index (χ0v) is 12.7. The van der Waals surface area contributed by atoms with Gasteiger partial charge in [-0.3, -0.25) is 4.90 Å². The van der Waals surface area contributed by atoms with E-state index < -0.39 is 0 Å². The zero-order chi connectivity index (χ0) is 13.5. The van der Waals surface area contributed by atoms with Gasteiger partial charge in [0.05, 0.1) is 12.7 Å². The van der Waals surface area contributed by atoms with Crippen LogP contribution in [0.5, 0.6) is 0 Å². The van der Waals surface area contributed by atoms with E-state index in [0.29, 0.717) is 6.10 Å². The quantitative estimate of drug-likeness (QED) is 0.729. The highest BCUT2D eigenvalue weighted by Gasteiger charge is 2.19. The Kier molecular flexibility index (Phi) is 6.57. The molecule has 4 nitrogen and oxygen atoms in total. The van der Waals surface area contributed by atoms with Crippen LogP contribution in [0.15, 0.2) is 0 Å². The van der Waals surface area contributed by atoms with Gasteiger partial charge in [0.25, 0.3) is 0 Å². The van der Waals surface area contributed by atoms with Gasteiger partial charge in [0.1, 0.15) is 0 Å². The Labute approximate surface area is 118 Å². The van der Waals surface area contributed by atoms with Crippen LogP contribution in [0.4, 0.5) is 0 Å². The number of nitrogens with zero attached hydrogens (tertiary/aromatic N) is 2. The second-order valence-corrected chi connectivity index (χ2v) is 6.13. The summed E-state index contributed by atoms with van der Waals surface area (Å²) < 4.78 is 5.81. The molecule has 0 radical (unpaired) electrons. The Bertz CT molecular complexity index is 242. The van der Waals surface area contributed by atoms with Crippen molar-refractivity contribution in [1.82, 2.24) is 15.1 Å². The standard InChI is InChI=1S/C15H31N3O/c1-3-18-10-11-19-15(13-18)12-16-7-4-14-5-8-17(2)9-6-14/h14-16H,3-13H2,1-2H3. The lowest BCUT2D eigenvalue weighted by Crippen LogP contribution is -2.46. The number of nitrogens with one attached hydrogen (secondary N) is 1. The molecule has 0 amide bonds. The van der Waals surface area contributed by atoms with Crippen molar-refractivity contribution in [3.8, 4) is 0 Å². The molecular formula is C15H31N3O. The lowest BCUT2D eigenvalue weighted by Gasteiger charge is -2.32. The number of hydrogen-bond acceptors (Lipinski definition) is 4. The van der Waals surface area contributed by atoms with Crippen LogP contribution in [0.25, 0.3) is 0 Å². The minimum absolute atomic E-state index is 0.395. The Morgan fingerprint density at radius 1 is 1.21 bits per heavy atom. The van der Waals surface area contributed by atoms with Crippen molar-refractivity contribution in [3.05, 3.63) is 0 Å². The van der Waals surface area contributed by atoms with Crippen LogP contribution in [-0.2, 0) is 4.74 Å². The fourth-order valence-corrected chi connectivity index (χ4v) is 3.11. The van der Waals surface area contributed by atoms with Crippen molar-refractivity contribution in [2.75, 3.05) is 59.5 Å². The summed E-state index contributed by atoms with van der Waals surface area (Å²) in [6, 6.07) is 0. The monoisotopic (exact) mass is 269 g/mol. The molecule has 0 saturated carbocycles. The molecule has 0 aromatic carbocycles. The molecule has 1 N–H and O–H groups in total. The van der Waals surface area contributed by atoms with Crippen LogP contribution < -0.4 is 5.32 Å². The summed E-state index contributed by atoms with van der Waals surface area (Å²) in [6.07, 6.45) is 4.48. The van der Waals surface area contributed by atoms with E-state index in [1.165, 1.54) is 32.4 Å². The fraction of sp³-hybridized carbons (Fsp3) is 1.00. The summed E-state index contributed by atoms with van der Waals surface area (Å²) in [7, 11) is 2.23. The number of morpholine rings is 1. The third-order valence-electron chi connectivity index (χ3n) is 4.61. The van der Waals surface area contributed by atoms with Gasteiger partial charge in [-0.1, -0.05) is 6.92 Å². The number of ether oxygens (including phenoxy) is 1. The van der Waals surface area contributed by atoms with E-state index in [2.05, 4.69) is 29.1 Å². The van der Waals surface area contributed by atoms with E-state index in [1.54, 1.807) is 0 Å². The van der Waals surface area contributed by atoms with Gasteiger partial charge in [-0.05, 0) is 58.4 Å². The Hall–Kier alpha value is -0.160. The summed E-state index contributed by atoms with van der Waals surface area (Å²) in [5.74, 6) is 0.933. The zero-order valence-electron chi connectivity index (χ0n) is 12.7. The van der Waals surface area contributed by atoms with E-state index in [9.17, 15) is 0 Å². The maximum absolute atomic E-state index is 5.81. The van der Waals surface area contributed by atoms with Gasteiger partial charge >= 0.3 is 0 Å². The van der Waals surface area contributed by atoms with Crippen LogP contribution >= 0.6 is 0 Å². The summed E-state index contributed by atoms with van der Waals surface area (Å²) in [5.41, 5.74) is 0. The molecule has 2 rings (SSSR count). The predicted octanol–water partition coefficient (Wildman–Crippen LogP) is 1.03. The second-order valence-electron chi connectivity index (χ2n) is 6.13. The number of likely N-dealkylation sites (tertiary alicyclic amines) is 1. The van der Waals surface area contributed by atoms with Crippen molar-refractivity contribution in [2.45, 2.75) is 32.3 Å². The first-order valence-corrected chi connectivity index (χ1v) is 8.01. The summed E-state index contributed by atoms with van der Waals surface area (Å²) in [5, 5.41) is 3.59. The number of piperidine rings is 1. The average Bonchev–Trinajstić information content (AvgIpc) is 2.46. The molecule has 0 aliphatic carbocycles. The molecule has 2 aliphatic heterocycles. The molecule has 4 heteroatoms. The number of rotatable bonds is 6. The van der Waals surface area contributed by atoms with Gasteiger partial charge in [0.15, 0.2) is 0 Å². The largest absolute Gasteiger partial charge is 0.374 e. The number of hydrogen-bond donors (Lipinski definition) is 1. The van der Waals surface area contributed by atoms with Gasteiger partial charge in [0, 0.05) is 19.6 Å². The molecule has 0 aromatic heterocycles. The van der Waals surface area contributed by atoms with E-state index in [1.807, 2.05) is 0 Å². The summed E-state index contributed by atoms with van der Waals surface area (Å²) in [6.45, 7) is 11.2. The normalized spacial score (nSPS) is 27.8. The van der Waals surface area contributed by atoms with Crippen molar-refractivity contribution >= 4 is 0 Å². The first-order valence-electron chi connectivity index (χ1n) is 8.01. The van der Waals surface area contributed by atoms with Gasteiger partial charge in [0.2, 0.25) is 0 Å². The van der Waals surface area contributed by atoms with Crippen LogP contribution in [0.3, 0.4) is 0 Å². The van der Waals surface area contributed by atoms with E-state index in [-0.39, 0.29) is 0 Å². The first-order chi connectivity index (χ1) is 9.28. The lowest BCUT2D eigenvalue weighted by molar-refractivity contribution is -0.0253. The molecule has 0 spiro atoms. The molecular weight excluding hydrogens is 238 g/mol. The maximum atomic E-state index is 5.81. The Morgan fingerprint density at radius 3 is 2.74 bits per heavy atom. The highest BCUT2D eigenvalue weighted by molar-refractivity contribution is 4.74. The molecule has 19 heavy (non-hydrogen) atoms. The van der Waals surface area contributed by atoms with Crippen molar-refractivity contribution in [2.24, 2.45) is 5.92 Å². The second kappa shape index (κ2) is 8.20. The van der Waals surface area contributed by atoms with Crippen LogP contribution in [0, 0.1) is 5.92 Å². The fourth-order valence-electron chi connectivity index (χ4n) is 3.11. The SMILES string of the molecule is CCN1CCOC(CNCCC2CCN(C)CC2)C1. The van der Waals surface area contributed by atoms with Crippen LogP contribution in [0.1, 0.15) is 26.2 Å². The molecule has 1 atom stereocenters. The molecule has 2 heterocycles. The van der Waals surface area contributed by atoms with Crippen molar-refractivity contribution in [3.63, 3.8) is 0 Å². The van der Waals surface area contributed by atoms with Gasteiger partial charge in [-0.2, -0.15) is 0 Å². The highest BCUT2D eigenvalue weighted by atomic mass is 16.5. The van der Waals surface area contributed by atoms with Crippen molar-refractivity contribution < 1.29 is 4.74 Å². The summed E-state index contributed by atoms with van der Waals surface area (Å²) in [4.78, 5) is 4.92. The molecule has 112 valence electrons. The number of likely N-dealkylation sites (N-methyl/N-ethyl adjacent to an activating group) is 1. The third-order valence-corrected chi connectivity index (χ3v) is 4.61. The smallest absolute Gasteiger partial charge is 0.0826 e. The highest BCUT2D eigenvalue weighted by Crippen LogP contribution is 2.18. The lowest BCUT2D eigenvalue weighted by atomic mass is 9.94. The van der Waals surface area contributed by atoms with Crippen LogP contribution in [0.2, 0.25) is 0 Å². The van der Waals surface area contributed by atoms with Gasteiger partial charge < -0.3 is 15.0 Å². The third kappa shape index (κ3) is 5.38. The average molecular weight is 269 g/mol. The minimum atomic E-state index is 0.395. The Balaban J connectivity index is 1.52. The van der Waals surface area contributed by atoms with E-state index in [0.717, 1.165) is 45.2 Å². The molecule has 2 saturated heterocycles. The molecule has 2 fully saturated rings. The molecule has 2 aliphatic rings. The van der Waals surface area contributed by atoms with E-state index in [4.69, 9.17) is 4.74 Å². The maximum Gasteiger partial charge on any atom is 0.0826 e. The Morgan fingerprint density at radius 2 is 2.00 bits per heavy atom. The van der Waals surface area contributed by atoms with Gasteiger partial charge in [-0.15, -0.1) is 0 Å². The topological polar surface area (TPSA) is 27.7 Å². The first kappa shape index (κ1) is 15.2. The minimum Gasteiger partial charge on any atom is -0.374 e. The molecule has 0 bridgehead atoms.